The zero-order valence-electron chi connectivity index (χ0n) is 18.2. The number of nitrogens with zero attached hydrogens (tertiary/aromatic N) is 2. The summed E-state index contributed by atoms with van der Waals surface area (Å²) in [6, 6.07) is 7.41. The minimum atomic E-state index is -0.587. The van der Waals surface area contributed by atoms with Gasteiger partial charge in [-0.25, -0.2) is 0 Å². The smallest absolute Gasteiger partial charge is 0.223 e. The van der Waals surface area contributed by atoms with Crippen molar-refractivity contribution in [3.05, 3.63) is 29.3 Å². The molecule has 30 heavy (non-hydrogen) atoms. The molecule has 2 aliphatic rings. The van der Waals surface area contributed by atoms with Gasteiger partial charge in [-0.3, -0.25) is 4.79 Å². The van der Waals surface area contributed by atoms with E-state index >= 15 is 0 Å². The molecular weight excluding hydrogens is 380 g/mol. The number of carbonyl (C=O) groups is 1. The van der Waals surface area contributed by atoms with Gasteiger partial charge in [-0.05, 0) is 51.3 Å². The van der Waals surface area contributed by atoms with Crippen LogP contribution in [0.15, 0.2) is 18.2 Å². The van der Waals surface area contributed by atoms with E-state index < -0.39 is 5.60 Å². The monoisotopic (exact) mass is 414 g/mol. The van der Waals surface area contributed by atoms with Crippen molar-refractivity contribution in [3.8, 4) is 11.8 Å². The van der Waals surface area contributed by atoms with Crippen LogP contribution in [0.25, 0.3) is 0 Å². The van der Waals surface area contributed by atoms with Crippen LogP contribution in [0.2, 0.25) is 0 Å². The minimum Gasteiger partial charge on any atom is -0.485 e. The van der Waals surface area contributed by atoms with Crippen LogP contribution in [0, 0.1) is 11.3 Å². The topological polar surface area (TPSA) is 82.8 Å². The van der Waals surface area contributed by atoms with Crippen molar-refractivity contribution in [1.29, 1.82) is 5.26 Å². The van der Waals surface area contributed by atoms with Crippen LogP contribution in [0.5, 0.6) is 5.75 Å². The van der Waals surface area contributed by atoms with Crippen LogP contribution in [0.4, 0.5) is 0 Å². The molecule has 1 amide bonds. The molecule has 1 aromatic carbocycles. The molecule has 0 spiro atoms. The number of hydrogen-bond acceptors (Lipinski definition) is 5. The fourth-order valence-corrected chi connectivity index (χ4v) is 4.54. The first-order valence-corrected chi connectivity index (χ1v) is 11.2. The van der Waals surface area contributed by atoms with Crippen molar-refractivity contribution in [1.82, 2.24) is 4.90 Å². The van der Waals surface area contributed by atoms with Gasteiger partial charge in [0.05, 0.1) is 17.7 Å². The summed E-state index contributed by atoms with van der Waals surface area (Å²) in [7, 11) is 0. The van der Waals surface area contributed by atoms with Crippen LogP contribution in [0.1, 0.15) is 82.4 Å². The third kappa shape index (κ3) is 5.14. The second-order valence-electron chi connectivity index (χ2n) is 8.84. The molecule has 1 N–H and O–H groups in total. The SMILES string of the molecule is CC1(C)Oc2ccc(C#N)cc2[C@@H](N2CCCC2=O)[C@@H]1OCCCCCCCCO. The summed E-state index contributed by atoms with van der Waals surface area (Å²) >= 11 is 0. The molecule has 0 unspecified atom stereocenters. The third-order valence-corrected chi connectivity index (χ3v) is 6.10. The fourth-order valence-electron chi connectivity index (χ4n) is 4.54. The molecular formula is C24H34N2O4. The van der Waals surface area contributed by atoms with E-state index in [0.717, 1.165) is 56.3 Å². The molecule has 2 atom stereocenters. The summed E-state index contributed by atoms with van der Waals surface area (Å²) in [4.78, 5) is 14.6. The van der Waals surface area contributed by atoms with Crippen molar-refractivity contribution in [2.45, 2.75) is 83.0 Å². The number of ether oxygens (including phenoxy) is 2. The molecule has 0 aromatic heterocycles. The lowest BCUT2D eigenvalue weighted by atomic mass is 9.84. The van der Waals surface area contributed by atoms with E-state index in [1.807, 2.05) is 30.9 Å². The molecule has 0 radical (unpaired) electrons. The van der Waals surface area contributed by atoms with E-state index in [1.165, 1.54) is 0 Å². The average molecular weight is 415 g/mol. The summed E-state index contributed by atoms with van der Waals surface area (Å²) in [5.74, 6) is 0.871. The number of aliphatic hydroxyl groups excluding tert-OH is 1. The van der Waals surface area contributed by atoms with Gasteiger partial charge in [0.1, 0.15) is 17.5 Å². The Morgan fingerprint density at radius 3 is 2.63 bits per heavy atom. The summed E-state index contributed by atoms with van der Waals surface area (Å²) in [6.07, 6.45) is 7.37. The summed E-state index contributed by atoms with van der Waals surface area (Å²) < 4.78 is 12.7. The van der Waals surface area contributed by atoms with Crippen molar-refractivity contribution in [2.24, 2.45) is 0 Å². The highest BCUT2D eigenvalue weighted by Crippen LogP contribution is 2.45. The second-order valence-corrected chi connectivity index (χ2v) is 8.84. The van der Waals surface area contributed by atoms with Gasteiger partial charge in [-0.15, -0.1) is 0 Å². The van der Waals surface area contributed by atoms with Crippen molar-refractivity contribution in [3.63, 3.8) is 0 Å². The summed E-state index contributed by atoms with van der Waals surface area (Å²) in [5, 5.41) is 18.2. The Kier molecular flexibility index (Phi) is 7.74. The van der Waals surface area contributed by atoms with Crippen molar-refractivity contribution in [2.75, 3.05) is 19.8 Å². The average Bonchev–Trinajstić information content (AvgIpc) is 3.14. The molecule has 3 rings (SSSR count). The van der Waals surface area contributed by atoms with Gasteiger partial charge >= 0.3 is 0 Å². The standard InChI is InChI=1S/C24H34N2O4/c1-24(2)23(29-15-8-6-4-3-5-7-14-27)22(26-13-9-10-21(26)28)19-16-18(17-25)11-12-20(19)30-24/h11-12,16,22-23,27H,3-10,13-15H2,1-2H3/t22-,23+/m1/s1. The van der Waals surface area contributed by atoms with Crippen molar-refractivity contribution < 1.29 is 19.4 Å². The van der Waals surface area contributed by atoms with Gasteiger partial charge in [0.15, 0.2) is 0 Å². The number of likely N-dealkylation sites (tertiary alicyclic amines) is 1. The predicted octanol–water partition coefficient (Wildman–Crippen LogP) is 4.11. The lowest BCUT2D eigenvalue weighted by Crippen LogP contribution is -2.55. The number of aliphatic hydroxyl groups is 1. The maximum Gasteiger partial charge on any atom is 0.223 e. The molecule has 6 nitrogen and oxygen atoms in total. The van der Waals surface area contributed by atoms with E-state index in [1.54, 1.807) is 6.07 Å². The zero-order valence-corrected chi connectivity index (χ0v) is 18.2. The zero-order chi connectivity index (χ0) is 21.6. The molecule has 6 heteroatoms. The first-order chi connectivity index (χ1) is 14.5. The number of nitriles is 1. The van der Waals surface area contributed by atoms with E-state index in [2.05, 4.69) is 6.07 Å². The van der Waals surface area contributed by atoms with Crippen molar-refractivity contribution >= 4 is 5.91 Å². The predicted molar refractivity (Wildman–Crippen MR) is 114 cm³/mol. The highest BCUT2D eigenvalue weighted by atomic mass is 16.6. The molecule has 1 fully saturated rings. The van der Waals surface area contributed by atoms with Gasteiger partial charge in [-0.2, -0.15) is 5.26 Å². The normalized spacial score (nSPS) is 22.5. The van der Waals surface area contributed by atoms with Crippen LogP contribution in [-0.2, 0) is 9.53 Å². The lowest BCUT2D eigenvalue weighted by Gasteiger charge is -2.47. The summed E-state index contributed by atoms with van der Waals surface area (Å²) in [6.45, 7) is 5.62. The van der Waals surface area contributed by atoms with E-state index in [0.29, 0.717) is 25.1 Å². The van der Waals surface area contributed by atoms with Crippen LogP contribution < -0.4 is 4.74 Å². The quantitative estimate of drug-likeness (QED) is 0.583. The number of amides is 1. The highest BCUT2D eigenvalue weighted by Gasteiger charge is 2.49. The first-order valence-electron chi connectivity index (χ1n) is 11.2. The van der Waals surface area contributed by atoms with Crippen LogP contribution in [-0.4, -0.2) is 47.4 Å². The molecule has 164 valence electrons. The van der Waals surface area contributed by atoms with E-state index in [4.69, 9.17) is 14.6 Å². The maximum atomic E-state index is 12.6. The molecule has 2 heterocycles. The third-order valence-electron chi connectivity index (χ3n) is 6.10. The number of hydrogen-bond donors (Lipinski definition) is 1. The molecule has 2 aliphatic heterocycles. The maximum absolute atomic E-state index is 12.6. The Hall–Kier alpha value is -2.10. The largest absolute Gasteiger partial charge is 0.485 e. The molecule has 0 saturated carbocycles. The number of rotatable bonds is 10. The number of unbranched alkanes of at least 4 members (excludes halogenated alkanes) is 5. The molecule has 1 aromatic rings. The Labute approximate surface area is 179 Å². The number of benzene rings is 1. The van der Waals surface area contributed by atoms with E-state index in [9.17, 15) is 10.1 Å². The van der Waals surface area contributed by atoms with Gasteiger partial charge in [0, 0.05) is 31.7 Å². The Morgan fingerprint density at radius 2 is 1.97 bits per heavy atom. The second kappa shape index (κ2) is 10.3. The highest BCUT2D eigenvalue weighted by molar-refractivity contribution is 5.79. The van der Waals surface area contributed by atoms with Gasteiger partial charge < -0.3 is 19.5 Å². The van der Waals surface area contributed by atoms with Gasteiger partial charge in [0.25, 0.3) is 0 Å². The molecule has 0 aliphatic carbocycles. The number of carbonyl (C=O) groups excluding carboxylic acids is 1. The minimum absolute atomic E-state index is 0.142. The number of fused-ring (bicyclic) bond motifs is 1. The Morgan fingerprint density at radius 1 is 1.23 bits per heavy atom. The van der Waals surface area contributed by atoms with Crippen LogP contribution >= 0.6 is 0 Å². The Balaban J connectivity index is 1.74. The first kappa shape index (κ1) is 22.6. The molecule has 0 bridgehead atoms. The van der Waals surface area contributed by atoms with E-state index in [-0.39, 0.29) is 24.7 Å². The van der Waals surface area contributed by atoms with Crippen LogP contribution in [0.3, 0.4) is 0 Å². The molecule has 1 saturated heterocycles. The van der Waals surface area contributed by atoms with Gasteiger partial charge in [-0.1, -0.05) is 25.7 Å². The summed E-state index contributed by atoms with van der Waals surface area (Å²) in [5.41, 5.74) is 0.850. The van der Waals surface area contributed by atoms with Gasteiger partial charge in [0.2, 0.25) is 5.91 Å². The fraction of sp³-hybridized carbons (Fsp3) is 0.667. The lowest BCUT2D eigenvalue weighted by molar-refractivity contribution is -0.148. The Bertz CT molecular complexity index is 771.